The van der Waals surface area contributed by atoms with Gasteiger partial charge in [0.15, 0.2) is 0 Å². The van der Waals surface area contributed by atoms with Crippen LogP contribution in [0.15, 0.2) is 34.8 Å². The van der Waals surface area contributed by atoms with Crippen molar-refractivity contribution in [3.63, 3.8) is 0 Å². The summed E-state index contributed by atoms with van der Waals surface area (Å²) >= 11 is 3.50. The lowest BCUT2D eigenvalue weighted by Gasteiger charge is -2.08. The average molecular weight is 223 g/mol. The second-order valence-electron chi connectivity index (χ2n) is 3.12. The van der Waals surface area contributed by atoms with E-state index in [0.717, 1.165) is 0 Å². The fraction of sp³-hybridized carbons (Fsp3) is 0.200. The zero-order valence-corrected chi connectivity index (χ0v) is 7.91. The molecular formula is C10H7BrO. The molecule has 2 unspecified atom stereocenters. The molecule has 2 heterocycles. The lowest BCUT2D eigenvalue weighted by Crippen LogP contribution is -1.94. The third-order valence-corrected chi connectivity index (χ3v) is 3.11. The Bertz CT molecular complexity index is 370. The van der Waals surface area contributed by atoms with E-state index in [2.05, 4.69) is 46.3 Å². The molecule has 2 aliphatic rings. The van der Waals surface area contributed by atoms with Gasteiger partial charge in [0.05, 0.1) is 0 Å². The van der Waals surface area contributed by atoms with Gasteiger partial charge in [-0.15, -0.1) is 0 Å². The molecule has 2 atom stereocenters. The highest BCUT2D eigenvalue weighted by Crippen LogP contribution is 2.51. The van der Waals surface area contributed by atoms with E-state index < -0.39 is 0 Å². The van der Waals surface area contributed by atoms with Crippen molar-refractivity contribution in [1.29, 1.82) is 0 Å². The number of halogens is 1. The first-order valence-corrected chi connectivity index (χ1v) is 4.77. The van der Waals surface area contributed by atoms with E-state index in [1.165, 1.54) is 15.6 Å². The Morgan fingerprint density at radius 3 is 2.75 bits per heavy atom. The van der Waals surface area contributed by atoms with Gasteiger partial charge in [-0.2, -0.15) is 0 Å². The van der Waals surface area contributed by atoms with Crippen molar-refractivity contribution in [3.05, 3.63) is 46.0 Å². The van der Waals surface area contributed by atoms with Crippen LogP contribution in [0.1, 0.15) is 23.3 Å². The van der Waals surface area contributed by atoms with Gasteiger partial charge in [0.25, 0.3) is 0 Å². The van der Waals surface area contributed by atoms with Crippen LogP contribution in [0.25, 0.3) is 0 Å². The van der Waals surface area contributed by atoms with Gasteiger partial charge in [-0.25, -0.2) is 0 Å². The van der Waals surface area contributed by atoms with E-state index in [1.54, 1.807) is 0 Å². The summed E-state index contributed by atoms with van der Waals surface area (Å²) < 4.78 is 6.89. The van der Waals surface area contributed by atoms with Crippen molar-refractivity contribution >= 4 is 15.9 Å². The van der Waals surface area contributed by atoms with E-state index in [1.807, 2.05) is 0 Å². The number of benzene rings is 1. The number of rotatable bonds is 0. The summed E-state index contributed by atoms with van der Waals surface area (Å²) in [6.07, 6.45) is 2.50. The summed E-state index contributed by atoms with van der Waals surface area (Å²) in [5.74, 6) is 0. The molecule has 1 aromatic rings. The second kappa shape index (κ2) is 2.21. The second-order valence-corrected chi connectivity index (χ2v) is 4.03. The average Bonchev–Trinajstić information content (AvgIpc) is 2.62. The summed E-state index contributed by atoms with van der Waals surface area (Å²) in [6, 6.07) is 8.39. The molecule has 0 aliphatic carbocycles. The molecule has 2 bridgehead atoms. The minimum absolute atomic E-state index is 0.172. The van der Waals surface area contributed by atoms with Gasteiger partial charge in [-0.05, 0) is 17.2 Å². The molecule has 0 fully saturated rings. The van der Waals surface area contributed by atoms with Crippen molar-refractivity contribution in [2.45, 2.75) is 12.2 Å². The van der Waals surface area contributed by atoms with Crippen LogP contribution in [0, 0.1) is 0 Å². The van der Waals surface area contributed by atoms with Crippen LogP contribution in [0.5, 0.6) is 0 Å². The summed E-state index contributed by atoms with van der Waals surface area (Å²) in [6.45, 7) is 0. The third-order valence-electron chi connectivity index (χ3n) is 2.43. The van der Waals surface area contributed by atoms with Gasteiger partial charge in [-0.1, -0.05) is 40.2 Å². The molecule has 2 heteroatoms. The van der Waals surface area contributed by atoms with Gasteiger partial charge < -0.3 is 4.74 Å². The molecule has 0 aromatic heterocycles. The fourth-order valence-corrected chi connectivity index (χ4v) is 2.47. The van der Waals surface area contributed by atoms with E-state index in [0.29, 0.717) is 0 Å². The molecule has 0 radical (unpaired) electrons. The van der Waals surface area contributed by atoms with Crippen LogP contribution >= 0.6 is 15.9 Å². The van der Waals surface area contributed by atoms with Crippen molar-refractivity contribution in [1.82, 2.24) is 0 Å². The third kappa shape index (κ3) is 0.718. The summed E-state index contributed by atoms with van der Waals surface area (Å²) in [5, 5.41) is 0. The normalized spacial score (nSPS) is 30.2. The highest BCUT2D eigenvalue weighted by Gasteiger charge is 2.37. The zero-order valence-electron chi connectivity index (χ0n) is 6.33. The van der Waals surface area contributed by atoms with Gasteiger partial charge >= 0.3 is 0 Å². The van der Waals surface area contributed by atoms with E-state index in [9.17, 15) is 0 Å². The summed E-state index contributed by atoms with van der Waals surface area (Å²) in [5.41, 5.74) is 2.64. The van der Waals surface area contributed by atoms with Crippen molar-refractivity contribution in [2.24, 2.45) is 0 Å². The summed E-state index contributed by atoms with van der Waals surface area (Å²) in [4.78, 5) is 0. The molecule has 3 rings (SSSR count). The lowest BCUT2D eigenvalue weighted by molar-refractivity contribution is 0.0867. The lowest BCUT2D eigenvalue weighted by atomic mass is 9.97. The number of hydrogen-bond acceptors (Lipinski definition) is 1. The van der Waals surface area contributed by atoms with Gasteiger partial charge in [0, 0.05) is 4.48 Å². The smallest absolute Gasteiger partial charge is 0.115 e. The Morgan fingerprint density at radius 1 is 1.17 bits per heavy atom. The van der Waals surface area contributed by atoms with Gasteiger partial charge in [0.2, 0.25) is 0 Å². The Balaban J connectivity index is 2.23. The molecule has 0 N–H and O–H groups in total. The highest BCUT2D eigenvalue weighted by atomic mass is 79.9. The minimum atomic E-state index is 0.172. The largest absolute Gasteiger partial charge is 0.356 e. The fourth-order valence-electron chi connectivity index (χ4n) is 1.88. The predicted molar refractivity (Wildman–Crippen MR) is 50.0 cm³/mol. The first-order chi connectivity index (χ1) is 5.86. The Labute approximate surface area is 79.2 Å². The quantitative estimate of drug-likeness (QED) is 0.656. The standard InChI is InChI=1S/C10H7BrO/c11-8-5-9-6-3-1-2-4-7(6)10(8)12-9/h1-5,9-10H. The molecule has 0 saturated heterocycles. The molecule has 0 saturated carbocycles. The van der Waals surface area contributed by atoms with Crippen LogP contribution in [0.2, 0.25) is 0 Å². The maximum Gasteiger partial charge on any atom is 0.115 e. The van der Waals surface area contributed by atoms with Crippen LogP contribution in [-0.4, -0.2) is 0 Å². The Morgan fingerprint density at radius 2 is 1.92 bits per heavy atom. The predicted octanol–water partition coefficient (Wildman–Crippen LogP) is 3.09. The van der Waals surface area contributed by atoms with Gasteiger partial charge in [0.1, 0.15) is 12.2 Å². The van der Waals surface area contributed by atoms with Crippen molar-refractivity contribution in [2.75, 3.05) is 0 Å². The molecule has 2 aliphatic heterocycles. The topological polar surface area (TPSA) is 9.23 Å². The number of ether oxygens (including phenoxy) is 1. The van der Waals surface area contributed by atoms with Crippen molar-refractivity contribution < 1.29 is 4.74 Å². The molecule has 60 valence electrons. The van der Waals surface area contributed by atoms with Crippen LogP contribution in [-0.2, 0) is 4.74 Å². The van der Waals surface area contributed by atoms with Crippen molar-refractivity contribution in [3.8, 4) is 0 Å². The molecule has 12 heavy (non-hydrogen) atoms. The molecule has 0 amide bonds. The maximum atomic E-state index is 5.72. The first-order valence-electron chi connectivity index (χ1n) is 3.98. The Kier molecular flexibility index (Phi) is 1.26. The molecular weight excluding hydrogens is 216 g/mol. The van der Waals surface area contributed by atoms with Crippen LogP contribution < -0.4 is 0 Å². The number of hydrogen-bond donors (Lipinski definition) is 0. The monoisotopic (exact) mass is 222 g/mol. The van der Waals surface area contributed by atoms with Crippen LogP contribution in [0.4, 0.5) is 0 Å². The zero-order chi connectivity index (χ0) is 8.13. The Hall–Kier alpha value is -0.600. The maximum absolute atomic E-state index is 5.72. The minimum Gasteiger partial charge on any atom is -0.356 e. The highest BCUT2D eigenvalue weighted by molar-refractivity contribution is 9.11. The van der Waals surface area contributed by atoms with E-state index in [-0.39, 0.29) is 12.2 Å². The summed E-state index contributed by atoms with van der Waals surface area (Å²) in [7, 11) is 0. The van der Waals surface area contributed by atoms with E-state index in [4.69, 9.17) is 4.74 Å². The first kappa shape index (κ1) is 6.87. The number of fused-ring (bicyclic) bond motifs is 5. The molecule has 0 spiro atoms. The van der Waals surface area contributed by atoms with Gasteiger partial charge in [-0.3, -0.25) is 0 Å². The molecule has 1 aromatic carbocycles. The molecule has 1 nitrogen and oxygen atoms in total. The van der Waals surface area contributed by atoms with Crippen LogP contribution in [0.3, 0.4) is 0 Å². The SMILES string of the molecule is BrC1=CC2OC1c1ccccc12. The van der Waals surface area contributed by atoms with E-state index >= 15 is 0 Å².